The molecule has 4 aromatic carbocycles. The number of nitriles is 3. The molecule has 222 valence electrons. The second-order valence-corrected chi connectivity index (χ2v) is 11.1. The van der Waals surface area contributed by atoms with Gasteiger partial charge >= 0.3 is 0 Å². The van der Waals surface area contributed by atoms with Crippen LogP contribution in [0, 0.1) is 34.0 Å². The van der Waals surface area contributed by atoms with Crippen LogP contribution in [-0.4, -0.2) is 15.0 Å². The number of pyridine rings is 3. The maximum Gasteiger partial charge on any atom is 0.0999 e. The minimum absolute atomic E-state index is 0.560. The molecule has 0 saturated carbocycles. The summed E-state index contributed by atoms with van der Waals surface area (Å²) in [6.45, 7) is 0. The molecular weight excluding hydrogens is 589 g/mol. The number of nitrogens with zero attached hydrogens (tertiary/aromatic N) is 6. The van der Waals surface area contributed by atoms with Crippen LogP contribution in [0.1, 0.15) is 16.7 Å². The molecule has 0 radical (unpaired) electrons. The minimum atomic E-state index is 0.560. The van der Waals surface area contributed by atoms with Gasteiger partial charge in [0.2, 0.25) is 0 Å². The van der Waals surface area contributed by atoms with Gasteiger partial charge in [0.05, 0.1) is 34.9 Å². The fraction of sp³-hybridized carbons (Fsp3) is 0. The zero-order valence-electron chi connectivity index (χ0n) is 25.5. The molecule has 0 N–H and O–H groups in total. The third-order valence-corrected chi connectivity index (χ3v) is 8.28. The minimum Gasteiger partial charge on any atom is -0.264 e. The SMILES string of the molecule is N#Cc1ccncc1-c1cccc(-c2cc(-c3cccc(-c4cnccc4C#N)c3)cc(-c3cccc(-c4cnccc4C#N)c3)c2)c1. The molecule has 0 atom stereocenters. The maximum atomic E-state index is 9.75. The number of rotatable bonds is 6. The Labute approximate surface area is 278 Å². The molecule has 0 amide bonds. The van der Waals surface area contributed by atoms with Crippen molar-refractivity contribution in [2.45, 2.75) is 0 Å². The Hall–Kier alpha value is -7.20. The Morgan fingerprint density at radius 1 is 0.333 bits per heavy atom. The lowest BCUT2D eigenvalue weighted by Crippen LogP contribution is -1.91. The van der Waals surface area contributed by atoms with E-state index in [-0.39, 0.29) is 0 Å². The van der Waals surface area contributed by atoms with Crippen LogP contribution in [0.3, 0.4) is 0 Å². The van der Waals surface area contributed by atoms with E-state index in [1.165, 1.54) is 0 Å². The van der Waals surface area contributed by atoms with Gasteiger partial charge in [-0.05, 0) is 105 Å². The van der Waals surface area contributed by atoms with Crippen LogP contribution in [-0.2, 0) is 0 Å². The first-order chi connectivity index (χ1) is 23.6. The summed E-state index contributed by atoms with van der Waals surface area (Å²) in [4.78, 5) is 12.8. The molecule has 0 bridgehead atoms. The van der Waals surface area contributed by atoms with E-state index >= 15 is 0 Å². The fourth-order valence-electron chi connectivity index (χ4n) is 5.89. The first-order valence-corrected chi connectivity index (χ1v) is 15.1. The summed E-state index contributed by atoms with van der Waals surface area (Å²) in [7, 11) is 0. The lowest BCUT2D eigenvalue weighted by Gasteiger charge is -2.14. The van der Waals surface area contributed by atoms with Gasteiger partial charge in [-0.3, -0.25) is 15.0 Å². The van der Waals surface area contributed by atoms with Gasteiger partial charge < -0.3 is 0 Å². The summed E-state index contributed by atoms with van der Waals surface area (Å²) in [6.07, 6.45) is 10.0. The van der Waals surface area contributed by atoms with E-state index in [1.807, 2.05) is 36.4 Å². The third kappa shape index (κ3) is 5.80. The molecule has 3 aromatic heterocycles. The van der Waals surface area contributed by atoms with Crippen molar-refractivity contribution in [2.24, 2.45) is 0 Å². The molecule has 7 aromatic rings. The van der Waals surface area contributed by atoms with Crippen molar-refractivity contribution < 1.29 is 0 Å². The van der Waals surface area contributed by atoms with Crippen LogP contribution in [0.15, 0.2) is 146 Å². The molecule has 0 fully saturated rings. The van der Waals surface area contributed by atoms with Gasteiger partial charge in [0.25, 0.3) is 0 Å². The molecule has 0 unspecified atom stereocenters. The molecule has 0 aliphatic rings. The second kappa shape index (κ2) is 13.0. The molecular formula is C42H24N6. The summed E-state index contributed by atoms with van der Waals surface area (Å²) >= 11 is 0. The zero-order chi connectivity index (χ0) is 32.9. The van der Waals surface area contributed by atoms with Gasteiger partial charge in [0.1, 0.15) is 0 Å². The maximum absolute atomic E-state index is 9.75. The van der Waals surface area contributed by atoms with Crippen molar-refractivity contribution in [3.63, 3.8) is 0 Å². The largest absolute Gasteiger partial charge is 0.264 e. The monoisotopic (exact) mass is 612 g/mol. The third-order valence-electron chi connectivity index (χ3n) is 8.28. The highest BCUT2D eigenvalue weighted by Crippen LogP contribution is 2.37. The van der Waals surface area contributed by atoms with E-state index < -0.39 is 0 Å². The summed E-state index contributed by atoms with van der Waals surface area (Å²) in [6, 6.07) is 42.8. The Bertz CT molecular complexity index is 2170. The first kappa shape index (κ1) is 29.5. The highest BCUT2D eigenvalue weighted by atomic mass is 14.6. The van der Waals surface area contributed by atoms with Gasteiger partial charge in [0, 0.05) is 53.9 Å². The topological polar surface area (TPSA) is 110 Å². The number of hydrogen-bond donors (Lipinski definition) is 0. The van der Waals surface area contributed by atoms with Crippen LogP contribution < -0.4 is 0 Å². The van der Waals surface area contributed by atoms with E-state index in [0.717, 1.165) is 66.8 Å². The van der Waals surface area contributed by atoms with Crippen LogP contribution >= 0.6 is 0 Å². The molecule has 0 saturated heterocycles. The van der Waals surface area contributed by atoms with E-state index in [4.69, 9.17) is 0 Å². The van der Waals surface area contributed by atoms with Crippen LogP contribution in [0.2, 0.25) is 0 Å². The van der Waals surface area contributed by atoms with Gasteiger partial charge in [-0.15, -0.1) is 0 Å². The summed E-state index contributed by atoms with van der Waals surface area (Å²) in [5.41, 5.74) is 12.6. The van der Waals surface area contributed by atoms with Crippen LogP contribution in [0.5, 0.6) is 0 Å². The molecule has 0 spiro atoms. The van der Waals surface area contributed by atoms with Gasteiger partial charge in [-0.2, -0.15) is 15.8 Å². The van der Waals surface area contributed by atoms with E-state index in [0.29, 0.717) is 16.7 Å². The second-order valence-electron chi connectivity index (χ2n) is 11.1. The van der Waals surface area contributed by atoms with Crippen molar-refractivity contribution >= 4 is 0 Å². The quantitative estimate of drug-likeness (QED) is 0.185. The Morgan fingerprint density at radius 3 is 0.896 bits per heavy atom. The van der Waals surface area contributed by atoms with Crippen molar-refractivity contribution in [1.29, 1.82) is 15.8 Å². The average molecular weight is 613 g/mol. The van der Waals surface area contributed by atoms with Crippen molar-refractivity contribution in [3.8, 4) is 85.0 Å². The first-order valence-electron chi connectivity index (χ1n) is 15.1. The van der Waals surface area contributed by atoms with Gasteiger partial charge in [-0.1, -0.05) is 54.6 Å². The molecule has 6 nitrogen and oxygen atoms in total. The highest BCUT2D eigenvalue weighted by Gasteiger charge is 2.13. The normalized spacial score (nSPS) is 10.4. The van der Waals surface area contributed by atoms with Crippen LogP contribution in [0.4, 0.5) is 0 Å². The van der Waals surface area contributed by atoms with Gasteiger partial charge in [-0.25, -0.2) is 0 Å². The zero-order valence-corrected chi connectivity index (χ0v) is 25.5. The summed E-state index contributed by atoms with van der Waals surface area (Å²) in [5.74, 6) is 0. The van der Waals surface area contributed by atoms with Crippen LogP contribution in [0.25, 0.3) is 66.8 Å². The molecule has 48 heavy (non-hydrogen) atoms. The fourth-order valence-corrected chi connectivity index (χ4v) is 5.89. The number of aromatic nitrogens is 3. The smallest absolute Gasteiger partial charge is 0.0999 e. The van der Waals surface area contributed by atoms with Gasteiger partial charge in [0.15, 0.2) is 0 Å². The predicted octanol–water partition coefficient (Wildman–Crippen LogP) is 9.49. The highest BCUT2D eigenvalue weighted by molar-refractivity contribution is 5.86. The molecule has 0 aliphatic carbocycles. The predicted molar refractivity (Wildman–Crippen MR) is 187 cm³/mol. The van der Waals surface area contributed by atoms with Crippen molar-refractivity contribution in [1.82, 2.24) is 15.0 Å². The molecule has 7 rings (SSSR count). The van der Waals surface area contributed by atoms with E-state index in [2.05, 4.69) is 87.8 Å². The van der Waals surface area contributed by atoms with Crippen molar-refractivity contribution in [2.75, 3.05) is 0 Å². The van der Waals surface area contributed by atoms with Crippen molar-refractivity contribution in [3.05, 3.63) is 163 Å². The average Bonchev–Trinajstić information content (AvgIpc) is 3.17. The number of hydrogen-bond acceptors (Lipinski definition) is 6. The Balaban J connectivity index is 1.41. The molecule has 6 heteroatoms. The Kier molecular flexibility index (Phi) is 8.01. The lowest BCUT2D eigenvalue weighted by molar-refractivity contribution is 1.31. The standard InChI is InChI=1S/C42H24N6/c43-22-34-10-13-46-25-40(34)31-7-1-4-28(16-31)37-19-38(29-5-2-8-32(17-29)41-26-47-14-11-35(41)23-44)21-39(20-37)30-6-3-9-33(18-30)42-27-48-15-12-36(42)24-45/h1-21,25-27H. The summed E-state index contributed by atoms with van der Waals surface area (Å²) < 4.78 is 0. The summed E-state index contributed by atoms with van der Waals surface area (Å²) in [5, 5.41) is 29.2. The Morgan fingerprint density at radius 2 is 0.604 bits per heavy atom. The van der Waals surface area contributed by atoms with E-state index in [1.54, 1.807) is 55.4 Å². The number of benzene rings is 4. The molecule has 3 heterocycles. The molecule has 0 aliphatic heterocycles. The van der Waals surface area contributed by atoms with E-state index in [9.17, 15) is 15.8 Å². The lowest BCUT2D eigenvalue weighted by atomic mass is 9.90.